The Morgan fingerprint density at radius 2 is 0.875 bits per heavy atom. The first-order valence-electron chi connectivity index (χ1n) is 17.1. The van der Waals surface area contributed by atoms with Crippen LogP contribution in [0.2, 0.25) is 0 Å². The van der Waals surface area contributed by atoms with Crippen molar-refractivity contribution in [2.45, 2.75) is 52.4 Å². The third-order valence-corrected chi connectivity index (χ3v) is 11.6. The maximum absolute atomic E-state index is 7.04. The molecule has 0 fully saturated rings. The summed E-state index contributed by atoms with van der Waals surface area (Å²) in [4.78, 5) is 2.43. The molecular formula is C46H37NO. The molecular weight excluding hydrogens is 583 g/mol. The fourth-order valence-electron chi connectivity index (χ4n) is 9.17. The normalized spacial score (nSPS) is 15.8. The SMILES string of the molecule is Cc1cc2c(c3ccccc13)-c1cc3c(cc1C2(C)C)Oc1cc2c(cc1N3c1ccccc1)-c1c(cc(C)c3ccccc13)C2(C)C. The van der Waals surface area contributed by atoms with Gasteiger partial charge in [-0.2, -0.15) is 0 Å². The Morgan fingerprint density at radius 3 is 1.33 bits per heavy atom. The summed E-state index contributed by atoms with van der Waals surface area (Å²) in [6.45, 7) is 13.9. The summed E-state index contributed by atoms with van der Waals surface area (Å²) in [7, 11) is 0. The van der Waals surface area contributed by atoms with Gasteiger partial charge in [0.05, 0.1) is 11.4 Å². The molecule has 2 aliphatic carbocycles. The number of ether oxygens (including phenoxy) is 1. The van der Waals surface area contributed by atoms with Crippen LogP contribution < -0.4 is 9.64 Å². The summed E-state index contributed by atoms with van der Waals surface area (Å²) >= 11 is 0. The van der Waals surface area contributed by atoms with Crippen molar-refractivity contribution >= 4 is 38.6 Å². The molecule has 0 N–H and O–H groups in total. The van der Waals surface area contributed by atoms with Crippen molar-refractivity contribution in [2.24, 2.45) is 0 Å². The van der Waals surface area contributed by atoms with Gasteiger partial charge in [0.25, 0.3) is 0 Å². The predicted octanol–water partition coefficient (Wildman–Crippen LogP) is 12.8. The molecule has 7 aromatic carbocycles. The molecule has 232 valence electrons. The Morgan fingerprint density at radius 1 is 0.458 bits per heavy atom. The topological polar surface area (TPSA) is 12.5 Å². The Hall–Kier alpha value is -5.34. The molecule has 0 atom stereocenters. The zero-order valence-corrected chi connectivity index (χ0v) is 28.3. The first-order chi connectivity index (χ1) is 23.1. The molecule has 1 aliphatic heterocycles. The Kier molecular flexibility index (Phi) is 5.30. The fraction of sp³-hybridized carbons (Fsp3) is 0.174. The first kappa shape index (κ1) is 27.7. The molecule has 0 spiro atoms. The van der Waals surface area contributed by atoms with E-state index < -0.39 is 0 Å². The minimum absolute atomic E-state index is 0.157. The van der Waals surface area contributed by atoms with Gasteiger partial charge in [-0.15, -0.1) is 0 Å². The molecule has 0 aromatic heterocycles. The van der Waals surface area contributed by atoms with Crippen LogP contribution in [-0.2, 0) is 10.8 Å². The molecule has 10 rings (SSSR count). The average molecular weight is 620 g/mol. The van der Waals surface area contributed by atoms with E-state index in [0.29, 0.717) is 0 Å². The summed E-state index contributed by atoms with van der Waals surface area (Å²) in [5.74, 6) is 1.81. The number of benzene rings is 7. The Labute approximate surface area is 282 Å². The van der Waals surface area contributed by atoms with Gasteiger partial charge in [-0.1, -0.05) is 107 Å². The van der Waals surface area contributed by atoms with Crippen molar-refractivity contribution in [3.63, 3.8) is 0 Å². The molecule has 0 bridgehead atoms. The number of fused-ring (bicyclic) bond motifs is 12. The van der Waals surface area contributed by atoms with Crippen LogP contribution in [0.1, 0.15) is 61.1 Å². The smallest absolute Gasteiger partial charge is 0.151 e. The second-order valence-electron chi connectivity index (χ2n) is 15.1. The predicted molar refractivity (Wildman–Crippen MR) is 201 cm³/mol. The zero-order valence-electron chi connectivity index (χ0n) is 28.3. The lowest BCUT2D eigenvalue weighted by molar-refractivity contribution is 0.473. The van der Waals surface area contributed by atoms with Gasteiger partial charge < -0.3 is 9.64 Å². The molecule has 0 radical (unpaired) electrons. The molecule has 0 saturated carbocycles. The number of aryl methyl sites for hydroxylation is 2. The highest BCUT2D eigenvalue weighted by atomic mass is 16.5. The number of nitrogens with zero attached hydrogens (tertiary/aromatic N) is 1. The van der Waals surface area contributed by atoms with E-state index in [1.165, 1.54) is 77.2 Å². The molecule has 7 aromatic rings. The summed E-state index contributed by atoms with van der Waals surface area (Å²) in [5.41, 5.74) is 16.3. The quantitative estimate of drug-likeness (QED) is 0.181. The molecule has 2 nitrogen and oxygen atoms in total. The van der Waals surface area contributed by atoms with E-state index in [9.17, 15) is 0 Å². The third-order valence-electron chi connectivity index (χ3n) is 11.6. The van der Waals surface area contributed by atoms with Crippen LogP contribution in [0.15, 0.2) is 115 Å². The van der Waals surface area contributed by atoms with Gasteiger partial charge in [0, 0.05) is 16.5 Å². The summed E-state index contributed by atoms with van der Waals surface area (Å²) < 4.78 is 7.04. The van der Waals surface area contributed by atoms with Crippen molar-refractivity contribution < 1.29 is 4.74 Å². The Bertz CT molecular complexity index is 2390. The summed E-state index contributed by atoms with van der Waals surface area (Å²) in [6.07, 6.45) is 0. The van der Waals surface area contributed by atoms with Crippen molar-refractivity contribution in [3.05, 3.63) is 149 Å². The Balaban J connectivity index is 1.26. The van der Waals surface area contributed by atoms with Gasteiger partial charge in [0.1, 0.15) is 0 Å². The number of hydrogen-bond donors (Lipinski definition) is 0. The van der Waals surface area contributed by atoms with E-state index in [0.717, 1.165) is 28.6 Å². The monoisotopic (exact) mass is 619 g/mol. The standard InChI is InChI=1S/C46H37NO/c1-26-20-37-43(31-18-12-10-16-29(26)31)33-22-39-41(24-35(33)45(37,3)4)48-42-25-36-34(23-40(42)47(39)28-14-8-7-9-15-28)44-32-19-13-11-17-30(32)27(2)21-38(44)46(36,5)6/h7-25H,1-6H3. The van der Waals surface area contributed by atoms with Gasteiger partial charge in [-0.05, 0) is 127 Å². The van der Waals surface area contributed by atoms with E-state index >= 15 is 0 Å². The molecule has 0 amide bonds. The lowest BCUT2D eigenvalue weighted by atomic mass is 9.81. The maximum Gasteiger partial charge on any atom is 0.151 e. The van der Waals surface area contributed by atoms with Crippen molar-refractivity contribution in [3.8, 4) is 33.8 Å². The van der Waals surface area contributed by atoms with Gasteiger partial charge in [-0.25, -0.2) is 0 Å². The van der Waals surface area contributed by atoms with Crippen molar-refractivity contribution in [2.75, 3.05) is 4.90 Å². The maximum atomic E-state index is 7.04. The van der Waals surface area contributed by atoms with Crippen LogP contribution in [0, 0.1) is 13.8 Å². The molecule has 0 unspecified atom stereocenters. The van der Waals surface area contributed by atoms with Crippen LogP contribution in [-0.4, -0.2) is 0 Å². The van der Waals surface area contributed by atoms with Crippen LogP contribution in [0.25, 0.3) is 43.8 Å². The van der Waals surface area contributed by atoms with Gasteiger partial charge in [-0.3, -0.25) is 0 Å². The van der Waals surface area contributed by atoms with E-state index in [4.69, 9.17) is 4.74 Å². The fourth-order valence-corrected chi connectivity index (χ4v) is 9.17. The van der Waals surface area contributed by atoms with Crippen LogP contribution in [0.5, 0.6) is 11.5 Å². The van der Waals surface area contributed by atoms with E-state index in [1.807, 2.05) is 0 Å². The summed E-state index contributed by atoms with van der Waals surface area (Å²) in [6, 6.07) is 42.8. The van der Waals surface area contributed by atoms with Gasteiger partial charge in [0.15, 0.2) is 11.5 Å². The third kappa shape index (κ3) is 3.42. The minimum atomic E-state index is -0.157. The zero-order chi connectivity index (χ0) is 32.7. The number of rotatable bonds is 1. The van der Waals surface area contributed by atoms with Crippen LogP contribution in [0.3, 0.4) is 0 Å². The lowest BCUT2D eigenvalue weighted by Crippen LogP contribution is -2.20. The van der Waals surface area contributed by atoms with E-state index in [1.54, 1.807) is 0 Å². The van der Waals surface area contributed by atoms with E-state index in [-0.39, 0.29) is 10.8 Å². The summed E-state index contributed by atoms with van der Waals surface area (Å²) in [5, 5.41) is 5.28. The molecule has 2 heteroatoms. The molecule has 3 aliphatic rings. The van der Waals surface area contributed by atoms with Crippen LogP contribution in [0.4, 0.5) is 17.1 Å². The first-order valence-corrected chi connectivity index (χ1v) is 17.1. The van der Waals surface area contributed by atoms with Crippen molar-refractivity contribution in [1.82, 2.24) is 0 Å². The highest BCUT2D eigenvalue weighted by Gasteiger charge is 2.42. The van der Waals surface area contributed by atoms with Crippen molar-refractivity contribution in [1.29, 1.82) is 0 Å². The highest BCUT2D eigenvalue weighted by molar-refractivity contribution is 6.07. The second-order valence-corrected chi connectivity index (χ2v) is 15.1. The second kappa shape index (κ2) is 9.17. The highest BCUT2D eigenvalue weighted by Crippen LogP contribution is 2.61. The van der Waals surface area contributed by atoms with Crippen LogP contribution >= 0.6 is 0 Å². The number of para-hydroxylation sites is 1. The molecule has 1 heterocycles. The number of hydrogen-bond acceptors (Lipinski definition) is 2. The minimum Gasteiger partial charge on any atom is -0.453 e. The van der Waals surface area contributed by atoms with Gasteiger partial charge >= 0.3 is 0 Å². The lowest BCUT2D eigenvalue weighted by Gasteiger charge is -2.35. The average Bonchev–Trinajstić information content (AvgIpc) is 3.44. The molecule has 48 heavy (non-hydrogen) atoms. The van der Waals surface area contributed by atoms with Gasteiger partial charge in [0.2, 0.25) is 0 Å². The number of anilines is 3. The largest absolute Gasteiger partial charge is 0.453 e. The van der Waals surface area contributed by atoms with E-state index in [2.05, 4.69) is 162 Å². The molecule has 0 saturated heterocycles.